The molecule has 19 heavy (non-hydrogen) atoms. The monoisotopic (exact) mass is 254 g/mol. The Morgan fingerprint density at radius 1 is 1.21 bits per heavy atom. The highest BCUT2D eigenvalue weighted by molar-refractivity contribution is 5.52. The minimum absolute atomic E-state index is 0.636. The van der Waals surface area contributed by atoms with E-state index in [0.717, 1.165) is 18.2 Å². The van der Waals surface area contributed by atoms with Gasteiger partial charge in [-0.1, -0.05) is 24.3 Å². The van der Waals surface area contributed by atoms with E-state index in [-0.39, 0.29) is 0 Å². The zero-order chi connectivity index (χ0) is 13.1. The van der Waals surface area contributed by atoms with Crippen LogP contribution < -0.4 is 10.1 Å². The van der Waals surface area contributed by atoms with Gasteiger partial charge < -0.3 is 10.1 Å². The molecule has 3 rings (SSSR count). The lowest BCUT2D eigenvalue weighted by atomic mass is 10.1. The summed E-state index contributed by atoms with van der Waals surface area (Å²) >= 11 is 0. The van der Waals surface area contributed by atoms with Crippen LogP contribution in [0.1, 0.15) is 29.9 Å². The van der Waals surface area contributed by atoms with Crippen molar-refractivity contribution < 1.29 is 4.74 Å². The Balaban J connectivity index is 1.64. The summed E-state index contributed by atoms with van der Waals surface area (Å²) in [7, 11) is 1.64. The normalized spacial score (nSPS) is 14.2. The first-order valence-electron chi connectivity index (χ1n) is 6.68. The van der Waals surface area contributed by atoms with Crippen LogP contribution in [-0.2, 0) is 6.54 Å². The third-order valence-electron chi connectivity index (χ3n) is 3.48. The second kappa shape index (κ2) is 5.31. The highest BCUT2D eigenvalue weighted by atomic mass is 16.5. The number of rotatable bonds is 5. The fourth-order valence-corrected chi connectivity index (χ4v) is 2.21. The molecule has 0 atom stereocenters. The van der Waals surface area contributed by atoms with Gasteiger partial charge in [-0.3, -0.25) is 0 Å². The van der Waals surface area contributed by atoms with Gasteiger partial charge in [-0.15, -0.1) is 0 Å². The van der Waals surface area contributed by atoms with Crippen molar-refractivity contribution >= 4 is 5.69 Å². The summed E-state index contributed by atoms with van der Waals surface area (Å²) in [5.41, 5.74) is 3.68. The average Bonchev–Trinajstić information content (AvgIpc) is 3.30. The lowest BCUT2D eigenvalue weighted by molar-refractivity contribution is 0.399. The summed E-state index contributed by atoms with van der Waals surface area (Å²) in [6.45, 7) is 0.785. The quantitative estimate of drug-likeness (QED) is 0.885. The van der Waals surface area contributed by atoms with Crippen molar-refractivity contribution in [3.63, 3.8) is 0 Å². The van der Waals surface area contributed by atoms with Crippen LogP contribution in [0, 0.1) is 0 Å². The van der Waals surface area contributed by atoms with Crippen LogP contribution in [0.3, 0.4) is 0 Å². The van der Waals surface area contributed by atoms with Crippen LogP contribution in [0.2, 0.25) is 0 Å². The van der Waals surface area contributed by atoms with Crippen molar-refractivity contribution in [1.82, 2.24) is 4.98 Å². The van der Waals surface area contributed by atoms with E-state index in [2.05, 4.69) is 34.6 Å². The number of pyridine rings is 1. The smallest absolute Gasteiger partial charge is 0.237 e. The number of aromatic nitrogens is 1. The van der Waals surface area contributed by atoms with E-state index in [4.69, 9.17) is 4.74 Å². The summed E-state index contributed by atoms with van der Waals surface area (Å²) in [4.78, 5) is 4.17. The average molecular weight is 254 g/mol. The first-order chi connectivity index (χ1) is 9.36. The molecule has 0 saturated heterocycles. The number of nitrogens with one attached hydrogen (secondary N) is 1. The molecule has 1 fully saturated rings. The van der Waals surface area contributed by atoms with Crippen LogP contribution in [0.5, 0.6) is 5.88 Å². The molecule has 0 aliphatic heterocycles. The molecule has 0 unspecified atom stereocenters. The highest BCUT2D eigenvalue weighted by Gasteiger charge is 2.22. The molecule has 1 aliphatic rings. The number of hydrogen-bond donors (Lipinski definition) is 1. The van der Waals surface area contributed by atoms with Crippen molar-refractivity contribution in [2.75, 3.05) is 12.4 Å². The van der Waals surface area contributed by atoms with Crippen LogP contribution in [0.25, 0.3) is 0 Å². The maximum Gasteiger partial charge on any atom is 0.237 e. The lowest BCUT2D eigenvalue weighted by Gasteiger charge is -2.10. The molecule has 1 aromatic heterocycles. The molecule has 0 radical (unpaired) electrons. The minimum Gasteiger partial charge on any atom is -0.480 e. The maximum absolute atomic E-state index is 5.22. The van der Waals surface area contributed by atoms with Gasteiger partial charge in [0.2, 0.25) is 5.88 Å². The number of benzene rings is 1. The van der Waals surface area contributed by atoms with Gasteiger partial charge in [0, 0.05) is 12.7 Å². The van der Waals surface area contributed by atoms with E-state index in [1.54, 1.807) is 13.3 Å². The van der Waals surface area contributed by atoms with E-state index >= 15 is 0 Å². The molecular weight excluding hydrogens is 236 g/mol. The summed E-state index contributed by atoms with van der Waals surface area (Å²) in [6.07, 6.45) is 4.43. The second-order valence-corrected chi connectivity index (χ2v) is 4.93. The van der Waals surface area contributed by atoms with E-state index in [9.17, 15) is 0 Å². The van der Waals surface area contributed by atoms with E-state index in [1.165, 1.54) is 24.0 Å². The van der Waals surface area contributed by atoms with Crippen molar-refractivity contribution in [3.05, 3.63) is 53.7 Å². The van der Waals surface area contributed by atoms with E-state index < -0.39 is 0 Å². The van der Waals surface area contributed by atoms with Crippen LogP contribution in [-0.4, -0.2) is 12.1 Å². The Morgan fingerprint density at radius 3 is 2.68 bits per heavy atom. The van der Waals surface area contributed by atoms with Gasteiger partial charge in [-0.25, -0.2) is 4.98 Å². The third kappa shape index (κ3) is 2.87. The van der Waals surface area contributed by atoms with Gasteiger partial charge in [-0.05, 0) is 42.0 Å². The molecule has 0 bridgehead atoms. The Kier molecular flexibility index (Phi) is 3.36. The Bertz CT molecular complexity index is 547. The molecule has 1 N–H and O–H groups in total. The number of methoxy groups -OCH3 is 1. The van der Waals surface area contributed by atoms with Gasteiger partial charge in [0.05, 0.1) is 12.8 Å². The summed E-state index contributed by atoms with van der Waals surface area (Å²) in [5, 5.41) is 3.36. The Hall–Kier alpha value is -2.03. The summed E-state index contributed by atoms with van der Waals surface area (Å²) in [6, 6.07) is 12.8. The third-order valence-corrected chi connectivity index (χ3v) is 3.48. The molecule has 1 aliphatic carbocycles. The zero-order valence-corrected chi connectivity index (χ0v) is 11.1. The van der Waals surface area contributed by atoms with E-state index in [0.29, 0.717) is 5.88 Å². The molecule has 98 valence electrons. The molecule has 0 spiro atoms. The number of ether oxygens (including phenoxy) is 1. The SMILES string of the molecule is COc1ncccc1NCc1ccc(C2CC2)cc1. The zero-order valence-electron chi connectivity index (χ0n) is 11.1. The van der Waals surface area contributed by atoms with E-state index in [1.807, 2.05) is 12.1 Å². The molecule has 2 aromatic rings. The molecule has 1 saturated carbocycles. The van der Waals surface area contributed by atoms with Gasteiger partial charge in [-0.2, -0.15) is 0 Å². The standard InChI is InChI=1S/C16H18N2O/c1-19-16-15(3-2-10-17-16)18-11-12-4-6-13(7-5-12)14-8-9-14/h2-7,10,14,18H,8-9,11H2,1H3. The van der Waals surface area contributed by atoms with Crippen LogP contribution >= 0.6 is 0 Å². The molecule has 3 heteroatoms. The Labute approximate surface area is 113 Å². The van der Waals surface area contributed by atoms with Gasteiger partial charge in [0.1, 0.15) is 0 Å². The summed E-state index contributed by atoms with van der Waals surface area (Å²) in [5.74, 6) is 1.46. The molecule has 1 aromatic carbocycles. The van der Waals surface area contributed by atoms with Crippen molar-refractivity contribution in [1.29, 1.82) is 0 Å². The summed E-state index contributed by atoms with van der Waals surface area (Å²) < 4.78 is 5.22. The molecular formula is C16H18N2O. The van der Waals surface area contributed by atoms with Gasteiger partial charge >= 0.3 is 0 Å². The fourth-order valence-electron chi connectivity index (χ4n) is 2.21. The number of hydrogen-bond acceptors (Lipinski definition) is 3. The first-order valence-corrected chi connectivity index (χ1v) is 6.68. The van der Waals surface area contributed by atoms with Crippen LogP contribution in [0.15, 0.2) is 42.6 Å². The predicted octanol–water partition coefficient (Wildman–Crippen LogP) is 3.58. The van der Waals surface area contributed by atoms with Crippen LogP contribution in [0.4, 0.5) is 5.69 Å². The fraction of sp³-hybridized carbons (Fsp3) is 0.312. The van der Waals surface area contributed by atoms with Gasteiger partial charge in [0.25, 0.3) is 0 Å². The number of nitrogens with zero attached hydrogens (tertiary/aromatic N) is 1. The highest BCUT2D eigenvalue weighted by Crippen LogP contribution is 2.39. The maximum atomic E-state index is 5.22. The largest absolute Gasteiger partial charge is 0.480 e. The topological polar surface area (TPSA) is 34.1 Å². The van der Waals surface area contributed by atoms with Gasteiger partial charge in [0.15, 0.2) is 0 Å². The van der Waals surface area contributed by atoms with Crippen molar-refractivity contribution in [3.8, 4) is 5.88 Å². The molecule has 1 heterocycles. The number of anilines is 1. The predicted molar refractivity (Wildman–Crippen MR) is 76.5 cm³/mol. The first kappa shape index (κ1) is 12.0. The lowest BCUT2D eigenvalue weighted by Crippen LogP contribution is -2.02. The molecule has 0 amide bonds. The minimum atomic E-state index is 0.636. The van der Waals surface area contributed by atoms with Crippen molar-refractivity contribution in [2.45, 2.75) is 25.3 Å². The Morgan fingerprint density at radius 2 is 2.00 bits per heavy atom. The second-order valence-electron chi connectivity index (χ2n) is 4.93. The molecule has 3 nitrogen and oxygen atoms in total. The van der Waals surface area contributed by atoms with Crippen molar-refractivity contribution in [2.24, 2.45) is 0 Å².